The van der Waals surface area contributed by atoms with Crippen molar-refractivity contribution in [1.29, 1.82) is 0 Å². The van der Waals surface area contributed by atoms with Crippen LogP contribution in [0, 0.1) is 19.8 Å². The van der Waals surface area contributed by atoms with Crippen molar-refractivity contribution in [3.8, 4) is 0 Å². The van der Waals surface area contributed by atoms with Crippen LogP contribution in [0.25, 0.3) is 0 Å². The third kappa shape index (κ3) is 6.65. The molecular weight excluding hydrogens is 457 g/mol. The van der Waals surface area contributed by atoms with Gasteiger partial charge in [-0.15, -0.1) is 24.0 Å². The van der Waals surface area contributed by atoms with Crippen molar-refractivity contribution in [2.24, 2.45) is 18.0 Å². The van der Waals surface area contributed by atoms with Gasteiger partial charge in [-0.2, -0.15) is 5.10 Å². The van der Waals surface area contributed by atoms with E-state index in [1.54, 1.807) is 0 Å². The second kappa shape index (κ2) is 11.5. The summed E-state index contributed by atoms with van der Waals surface area (Å²) < 4.78 is 7.04. The van der Waals surface area contributed by atoms with Crippen LogP contribution in [-0.4, -0.2) is 40.9 Å². The second-order valence-corrected chi connectivity index (χ2v) is 6.91. The maximum Gasteiger partial charge on any atom is 0.308 e. The summed E-state index contributed by atoms with van der Waals surface area (Å²) >= 11 is 0. The summed E-state index contributed by atoms with van der Waals surface area (Å²) in [5.41, 5.74) is 3.35. The maximum absolute atomic E-state index is 11.9. The maximum atomic E-state index is 11.9. The molecule has 0 saturated heterocycles. The van der Waals surface area contributed by atoms with Gasteiger partial charge < -0.3 is 15.4 Å². The average Bonchev–Trinajstić information content (AvgIpc) is 2.86. The molecule has 1 aliphatic rings. The van der Waals surface area contributed by atoms with Crippen molar-refractivity contribution in [2.75, 3.05) is 13.2 Å². The lowest BCUT2D eigenvalue weighted by Gasteiger charge is -2.29. The Kier molecular flexibility index (Phi) is 10.1. The van der Waals surface area contributed by atoms with Crippen LogP contribution in [0.4, 0.5) is 0 Å². The van der Waals surface area contributed by atoms with E-state index in [0.717, 1.165) is 49.6 Å². The molecule has 0 unspecified atom stereocenters. The number of ether oxygens (including phenoxy) is 1. The van der Waals surface area contributed by atoms with Crippen LogP contribution in [0.5, 0.6) is 0 Å². The lowest BCUT2D eigenvalue weighted by Crippen LogP contribution is -2.45. The lowest BCUT2D eigenvalue weighted by molar-refractivity contribution is -0.149. The average molecular weight is 491 g/mol. The molecule has 8 heteroatoms. The lowest BCUT2D eigenvalue weighted by atomic mass is 9.86. The number of guanidine groups is 1. The fourth-order valence-corrected chi connectivity index (χ4v) is 3.45. The van der Waals surface area contributed by atoms with Gasteiger partial charge in [0.2, 0.25) is 0 Å². The Hall–Kier alpha value is -1.32. The fraction of sp³-hybridized carbons (Fsp3) is 0.737. The Balaban J connectivity index is 0.00000364. The number of halogens is 1. The monoisotopic (exact) mass is 491 g/mol. The molecule has 0 atom stereocenters. The SMILES string of the molecule is CCNC(=NCc1c(C)nn(C)c1C)NC1CCC(C(=O)OCC)CC1.I. The normalized spacial score (nSPS) is 20.0. The van der Waals surface area contributed by atoms with E-state index in [4.69, 9.17) is 9.73 Å². The topological polar surface area (TPSA) is 80.5 Å². The van der Waals surface area contributed by atoms with Crippen LogP contribution in [0.15, 0.2) is 4.99 Å². The zero-order valence-corrected chi connectivity index (χ0v) is 19.5. The summed E-state index contributed by atoms with van der Waals surface area (Å²) in [6.07, 6.45) is 3.66. The van der Waals surface area contributed by atoms with Crippen LogP contribution in [-0.2, 0) is 23.1 Å². The Labute approximate surface area is 179 Å². The number of nitrogens with one attached hydrogen (secondary N) is 2. The Morgan fingerprint density at radius 2 is 1.93 bits per heavy atom. The number of aromatic nitrogens is 2. The summed E-state index contributed by atoms with van der Waals surface area (Å²) in [6.45, 7) is 9.90. The molecule has 0 radical (unpaired) electrons. The van der Waals surface area contributed by atoms with Gasteiger partial charge in [0.15, 0.2) is 5.96 Å². The number of esters is 1. The third-order valence-electron chi connectivity index (χ3n) is 5.09. The van der Waals surface area contributed by atoms with Gasteiger partial charge in [-0.05, 0) is 53.4 Å². The predicted molar refractivity (Wildman–Crippen MR) is 118 cm³/mol. The Bertz CT molecular complexity index is 636. The van der Waals surface area contributed by atoms with Crippen molar-refractivity contribution in [1.82, 2.24) is 20.4 Å². The minimum atomic E-state index is -0.0472. The summed E-state index contributed by atoms with van der Waals surface area (Å²) in [5, 5.41) is 11.3. The molecule has 1 fully saturated rings. The first-order valence-corrected chi connectivity index (χ1v) is 9.66. The number of aryl methyl sites for hydroxylation is 2. The quantitative estimate of drug-likeness (QED) is 0.277. The van der Waals surface area contributed by atoms with E-state index < -0.39 is 0 Å². The highest BCUT2D eigenvalue weighted by atomic mass is 127. The molecule has 1 aromatic rings. The highest BCUT2D eigenvalue weighted by molar-refractivity contribution is 14.0. The highest BCUT2D eigenvalue weighted by Crippen LogP contribution is 2.25. The molecule has 0 amide bonds. The van der Waals surface area contributed by atoms with Crippen LogP contribution < -0.4 is 10.6 Å². The van der Waals surface area contributed by atoms with Gasteiger partial charge in [0.1, 0.15) is 0 Å². The summed E-state index contributed by atoms with van der Waals surface area (Å²) in [7, 11) is 1.96. The zero-order chi connectivity index (χ0) is 19.1. The molecule has 0 aromatic carbocycles. The molecule has 1 aromatic heterocycles. The first-order chi connectivity index (χ1) is 12.5. The molecule has 0 aliphatic heterocycles. The van der Waals surface area contributed by atoms with Crippen molar-refractivity contribution >= 4 is 35.9 Å². The van der Waals surface area contributed by atoms with Gasteiger partial charge in [-0.25, -0.2) is 4.99 Å². The standard InChI is InChI=1S/C19H33N5O2.HI/c1-6-20-19(21-12-17-13(3)23-24(5)14(17)4)22-16-10-8-15(9-11-16)18(25)26-7-2;/h15-16H,6-12H2,1-5H3,(H2,20,21,22);1H. The molecule has 1 heterocycles. The van der Waals surface area contributed by atoms with Crippen molar-refractivity contribution in [3.05, 3.63) is 17.0 Å². The van der Waals surface area contributed by atoms with Crippen molar-refractivity contribution < 1.29 is 9.53 Å². The van der Waals surface area contributed by atoms with E-state index in [1.165, 1.54) is 5.56 Å². The first kappa shape index (κ1) is 23.7. The largest absolute Gasteiger partial charge is 0.466 e. The molecule has 0 spiro atoms. The minimum Gasteiger partial charge on any atom is -0.466 e. The van der Waals surface area contributed by atoms with E-state index in [0.29, 0.717) is 19.2 Å². The summed E-state index contributed by atoms with van der Waals surface area (Å²) in [4.78, 5) is 16.6. The van der Waals surface area contributed by atoms with E-state index >= 15 is 0 Å². The van der Waals surface area contributed by atoms with E-state index in [-0.39, 0.29) is 35.9 Å². The number of aliphatic imine (C=N–C) groups is 1. The fourth-order valence-electron chi connectivity index (χ4n) is 3.45. The molecule has 154 valence electrons. The molecular formula is C19H34IN5O2. The van der Waals surface area contributed by atoms with Gasteiger partial charge in [-0.1, -0.05) is 0 Å². The van der Waals surface area contributed by atoms with Crippen LogP contribution in [0.1, 0.15) is 56.5 Å². The van der Waals surface area contributed by atoms with Crippen LogP contribution >= 0.6 is 24.0 Å². The molecule has 1 aliphatic carbocycles. The van der Waals surface area contributed by atoms with Crippen LogP contribution in [0.3, 0.4) is 0 Å². The number of rotatable bonds is 6. The van der Waals surface area contributed by atoms with Gasteiger partial charge in [0.05, 0.1) is 24.8 Å². The van der Waals surface area contributed by atoms with Gasteiger partial charge in [0.25, 0.3) is 0 Å². The van der Waals surface area contributed by atoms with E-state index in [9.17, 15) is 4.79 Å². The number of carbonyl (C=O) groups excluding carboxylic acids is 1. The zero-order valence-electron chi connectivity index (χ0n) is 17.2. The Morgan fingerprint density at radius 3 is 2.44 bits per heavy atom. The number of carbonyl (C=O) groups is 1. The van der Waals surface area contributed by atoms with Crippen molar-refractivity contribution in [2.45, 2.75) is 66.0 Å². The smallest absolute Gasteiger partial charge is 0.308 e. The van der Waals surface area contributed by atoms with Crippen molar-refractivity contribution in [3.63, 3.8) is 0 Å². The van der Waals surface area contributed by atoms with Crippen LogP contribution in [0.2, 0.25) is 0 Å². The van der Waals surface area contributed by atoms with Gasteiger partial charge >= 0.3 is 5.97 Å². The molecule has 2 N–H and O–H groups in total. The number of hydrogen-bond acceptors (Lipinski definition) is 4. The predicted octanol–water partition coefficient (Wildman–Crippen LogP) is 2.83. The van der Waals surface area contributed by atoms with E-state index in [1.807, 2.05) is 25.6 Å². The number of hydrogen-bond donors (Lipinski definition) is 2. The second-order valence-electron chi connectivity index (χ2n) is 6.91. The van der Waals surface area contributed by atoms with Gasteiger partial charge in [-0.3, -0.25) is 9.48 Å². The molecule has 7 nitrogen and oxygen atoms in total. The van der Waals surface area contributed by atoms with E-state index in [2.05, 4.69) is 29.6 Å². The molecule has 2 rings (SSSR count). The number of nitrogens with zero attached hydrogens (tertiary/aromatic N) is 3. The third-order valence-corrected chi connectivity index (χ3v) is 5.09. The highest BCUT2D eigenvalue weighted by Gasteiger charge is 2.27. The Morgan fingerprint density at radius 1 is 1.26 bits per heavy atom. The van der Waals surface area contributed by atoms with Gasteiger partial charge in [0, 0.05) is 30.9 Å². The summed E-state index contributed by atoms with van der Waals surface area (Å²) in [6, 6.07) is 0.342. The minimum absolute atomic E-state index is 0. The molecule has 0 bridgehead atoms. The summed E-state index contributed by atoms with van der Waals surface area (Å²) in [5.74, 6) is 0.831. The molecule has 1 saturated carbocycles. The molecule has 27 heavy (non-hydrogen) atoms. The first-order valence-electron chi connectivity index (χ1n) is 9.66.